The third-order valence-corrected chi connectivity index (χ3v) is 4.59. The Bertz CT molecular complexity index is 498. The Hall–Kier alpha value is -0.560. The molecule has 7 heteroatoms. The first-order valence-corrected chi connectivity index (χ1v) is 7.46. The number of nitrogens with zero attached hydrogens (tertiary/aromatic N) is 1. The summed E-state index contributed by atoms with van der Waals surface area (Å²) in [5.74, 6) is 0.0173. The van der Waals surface area contributed by atoms with Gasteiger partial charge in [0.05, 0.1) is 11.1 Å². The molecule has 0 aliphatic carbocycles. The molecule has 0 spiro atoms. The highest BCUT2D eigenvalue weighted by Crippen LogP contribution is 2.33. The van der Waals surface area contributed by atoms with E-state index in [1.54, 1.807) is 4.90 Å². The van der Waals surface area contributed by atoms with Crippen molar-refractivity contribution in [2.24, 2.45) is 5.92 Å². The fourth-order valence-electron chi connectivity index (χ4n) is 1.87. The zero-order chi connectivity index (χ0) is 14.2. The van der Waals surface area contributed by atoms with Crippen LogP contribution in [0.15, 0.2) is 22.7 Å². The van der Waals surface area contributed by atoms with Gasteiger partial charge in [0.2, 0.25) is 0 Å². The highest BCUT2D eigenvalue weighted by Gasteiger charge is 2.34. The van der Waals surface area contributed by atoms with Gasteiger partial charge in [-0.2, -0.15) is 13.2 Å². The van der Waals surface area contributed by atoms with Crippen molar-refractivity contribution in [1.29, 1.82) is 0 Å². The van der Waals surface area contributed by atoms with Gasteiger partial charge in [0, 0.05) is 28.8 Å². The summed E-state index contributed by atoms with van der Waals surface area (Å²) in [6.07, 6.45) is -4.44. The van der Waals surface area contributed by atoms with Gasteiger partial charge in [0.1, 0.15) is 0 Å². The highest BCUT2D eigenvalue weighted by atomic mass is 79.9. The van der Waals surface area contributed by atoms with E-state index in [0.29, 0.717) is 23.5 Å². The van der Waals surface area contributed by atoms with Crippen LogP contribution in [-0.2, 0) is 6.18 Å². The van der Waals surface area contributed by atoms with Crippen LogP contribution in [0.4, 0.5) is 13.2 Å². The first-order chi connectivity index (χ1) is 8.82. The molecule has 104 valence electrons. The van der Waals surface area contributed by atoms with Crippen LogP contribution in [0.5, 0.6) is 0 Å². The monoisotopic (exact) mass is 399 g/mol. The van der Waals surface area contributed by atoms with E-state index in [-0.39, 0.29) is 11.5 Å². The number of likely N-dealkylation sites (tertiary alicyclic amines) is 1. The van der Waals surface area contributed by atoms with Crippen LogP contribution in [0.3, 0.4) is 0 Å². The van der Waals surface area contributed by atoms with E-state index in [4.69, 9.17) is 0 Å². The van der Waals surface area contributed by atoms with Gasteiger partial charge in [-0.05, 0) is 34.1 Å². The van der Waals surface area contributed by atoms with Crippen molar-refractivity contribution < 1.29 is 18.0 Å². The molecule has 0 unspecified atom stereocenters. The van der Waals surface area contributed by atoms with Crippen LogP contribution in [0.2, 0.25) is 0 Å². The molecule has 0 aromatic heterocycles. The maximum absolute atomic E-state index is 12.6. The number of hydrogen-bond donors (Lipinski definition) is 0. The second-order valence-corrected chi connectivity index (χ2v) is 5.92. The van der Waals surface area contributed by atoms with Crippen molar-refractivity contribution in [3.63, 3.8) is 0 Å². The summed E-state index contributed by atoms with van der Waals surface area (Å²) in [5, 5.41) is 0.792. The predicted molar refractivity (Wildman–Crippen MR) is 72.3 cm³/mol. The van der Waals surface area contributed by atoms with Gasteiger partial charge in [0.25, 0.3) is 5.91 Å². The smallest absolute Gasteiger partial charge is 0.338 e. The first kappa shape index (κ1) is 14.8. The fourth-order valence-corrected chi connectivity index (χ4v) is 2.69. The number of halogens is 5. The quantitative estimate of drug-likeness (QED) is 0.688. The number of amides is 1. The predicted octanol–water partition coefficient (Wildman–Crippen LogP) is 3.93. The Kier molecular flexibility index (Phi) is 4.25. The lowest BCUT2D eigenvalue weighted by Gasteiger charge is -2.38. The van der Waals surface area contributed by atoms with Crippen molar-refractivity contribution in [2.45, 2.75) is 6.18 Å². The molecule has 1 aliphatic heterocycles. The van der Waals surface area contributed by atoms with Gasteiger partial charge in [-0.15, -0.1) is 0 Å². The lowest BCUT2D eigenvalue weighted by Crippen LogP contribution is -2.50. The molecule has 1 heterocycles. The van der Waals surface area contributed by atoms with E-state index in [2.05, 4.69) is 31.9 Å². The van der Waals surface area contributed by atoms with Crippen LogP contribution < -0.4 is 0 Å². The van der Waals surface area contributed by atoms with Crippen LogP contribution in [0.1, 0.15) is 15.9 Å². The SMILES string of the molecule is O=C(c1cc(C(F)(F)F)ccc1Br)N1CC(CBr)C1. The Morgan fingerprint density at radius 3 is 2.53 bits per heavy atom. The molecule has 1 saturated heterocycles. The second-order valence-electron chi connectivity index (χ2n) is 4.42. The van der Waals surface area contributed by atoms with E-state index >= 15 is 0 Å². The molecule has 1 aromatic rings. The molecule has 1 fully saturated rings. The van der Waals surface area contributed by atoms with Gasteiger partial charge in [0.15, 0.2) is 0 Å². The minimum absolute atomic E-state index is 0.0582. The van der Waals surface area contributed by atoms with E-state index in [1.807, 2.05) is 0 Å². The van der Waals surface area contributed by atoms with Gasteiger partial charge in [-0.1, -0.05) is 15.9 Å². The number of rotatable bonds is 2. The first-order valence-electron chi connectivity index (χ1n) is 5.55. The van der Waals surface area contributed by atoms with Crippen molar-refractivity contribution in [3.05, 3.63) is 33.8 Å². The second kappa shape index (κ2) is 5.44. The average Bonchev–Trinajstić information content (AvgIpc) is 2.26. The van der Waals surface area contributed by atoms with Crippen LogP contribution in [0.25, 0.3) is 0 Å². The van der Waals surface area contributed by atoms with Gasteiger partial charge in [-0.3, -0.25) is 4.79 Å². The van der Waals surface area contributed by atoms with Gasteiger partial charge < -0.3 is 4.90 Å². The maximum atomic E-state index is 12.6. The fraction of sp³-hybridized carbons (Fsp3) is 0.417. The summed E-state index contributed by atoms with van der Waals surface area (Å²) in [4.78, 5) is 13.6. The molecule has 1 aromatic carbocycles. The molecule has 19 heavy (non-hydrogen) atoms. The third kappa shape index (κ3) is 3.13. The van der Waals surface area contributed by atoms with Crippen LogP contribution in [0, 0.1) is 5.92 Å². The summed E-state index contributed by atoms with van der Waals surface area (Å²) in [7, 11) is 0. The number of alkyl halides is 4. The molecule has 0 bridgehead atoms. The number of carbonyl (C=O) groups excluding carboxylic acids is 1. The largest absolute Gasteiger partial charge is 0.416 e. The minimum Gasteiger partial charge on any atom is -0.338 e. The molecule has 0 atom stereocenters. The summed E-state index contributed by atoms with van der Waals surface area (Å²) >= 11 is 6.44. The number of benzene rings is 1. The molecule has 0 N–H and O–H groups in total. The Labute approximate surface area is 125 Å². The van der Waals surface area contributed by atoms with E-state index in [9.17, 15) is 18.0 Å². The van der Waals surface area contributed by atoms with Crippen LogP contribution in [-0.4, -0.2) is 29.2 Å². The molecule has 2 nitrogen and oxygen atoms in total. The topological polar surface area (TPSA) is 20.3 Å². The summed E-state index contributed by atoms with van der Waals surface area (Å²) in [5.41, 5.74) is -0.750. The molecular weight excluding hydrogens is 391 g/mol. The standard InChI is InChI=1S/C12H10Br2F3NO/c13-4-7-5-18(6-7)11(19)9-3-8(12(15,16)17)1-2-10(9)14/h1-3,7H,4-6H2. The van der Waals surface area contributed by atoms with Gasteiger partial charge in [-0.25, -0.2) is 0 Å². The molecule has 0 saturated carbocycles. The lowest BCUT2D eigenvalue weighted by atomic mass is 10.0. The molecule has 1 amide bonds. The zero-order valence-corrected chi connectivity index (χ0v) is 12.8. The van der Waals surface area contributed by atoms with Crippen molar-refractivity contribution in [3.8, 4) is 0 Å². The normalized spacial score (nSPS) is 16.4. The number of hydrogen-bond acceptors (Lipinski definition) is 1. The Morgan fingerprint density at radius 1 is 1.37 bits per heavy atom. The van der Waals surface area contributed by atoms with Crippen LogP contribution >= 0.6 is 31.9 Å². The van der Waals surface area contributed by atoms with E-state index < -0.39 is 11.7 Å². The van der Waals surface area contributed by atoms with Crippen molar-refractivity contribution >= 4 is 37.8 Å². The third-order valence-electron chi connectivity index (χ3n) is 2.99. The van der Waals surface area contributed by atoms with E-state index in [0.717, 1.165) is 17.5 Å². The molecule has 2 rings (SSSR count). The Balaban J connectivity index is 2.22. The number of carbonyl (C=O) groups is 1. The maximum Gasteiger partial charge on any atom is 0.416 e. The molecule has 1 aliphatic rings. The molecular formula is C12H10Br2F3NO. The van der Waals surface area contributed by atoms with Crippen molar-refractivity contribution in [2.75, 3.05) is 18.4 Å². The summed E-state index contributed by atoms with van der Waals surface area (Å²) in [6, 6.07) is 3.12. The molecule has 0 radical (unpaired) electrons. The van der Waals surface area contributed by atoms with Crippen molar-refractivity contribution in [1.82, 2.24) is 4.90 Å². The summed E-state index contributed by atoms with van der Waals surface area (Å²) < 4.78 is 38.3. The van der Waals surface area contributed by atoms with E-state index in [1.165, 1.54) is 6.07 Å². The average molecular weight is 401 g/mol. The minimum atomic E-state index is -4.44. The van der Waals surface area contributed by atoms with Gasteiger partial charge >= 0.3 is 6.18 Å². The summed E-state index contributed by atoms with van der Waals surface area (Å²) in [6.45, 7) is 1.15. The highest BCUT2D eigenvalue weighted by molar-refractivity contribution is 9.10. The zero-order valence-electron chi connectivity index (χ0n) is 9.68. The Morgan fingerprint density at radius 2 is 2.00 bits per heavy atom. The lowest BCUT2D eigenvalue weighted by molar-refractivity contribution is -0.137.